The van der Waals surface area contributed by atoms with Gasteiger partial charge in [-0.25, -0.2) is 0 Å². The maximum Gasteiger partial charge on any atom is 0.161 e. The highest BCUT2D eigenvalue weighted by Gasteiger charge is 2.12. The number of methoxy groups -OCH3 is 1. The Labute approximate surface area is 146 Å². The van der Waals surface area contributed by atoms with Gasteiger partial charge in [0.25, 0.3) is 0 Å². The van der Waals surface area contributed by atoms with Gasteiger partial charge in [-0.1, -0.05) is 19.4 Å². The van der Waals surface area contributed by atoms with E-state index in [2.05, 4.69) is 35.9 Å². The number of likely N-dealkylation sites (N-methyl/N-ethyl adjacent to an activating group) is 1. The molecule has 5 nitrogen and oxygen atoms in total. The molecule has 1 fully saturated rings. The Morgan fingerprint density at radius 1 is 1.00 bits per heavy atom. The lowest BCUT2D eigenvalue weighted by Crippen LogP contribution is -2.45. The Balaban J connectivity index is 1.61. The Bertz CT molecular complexity index is 474. The standard InChI is InChI=1S/C19H32N2O3/c1-4-5-17-6-7-18(19(16-17)22-3)24-15-14-23-13-12-21-10-8-20(2)9-11-21/h6-7,16H,4-5,8-15H2,1-3H3. The lowest BCUT2D eigenvalue weighted by Gasteiger charge is -2.32. The van der Waals surface area contributed by atoms with Crippen molar-refractivity contribution in [3.05, 3.63) is 23.8 Å². The Hall–Kier alpha value is -1.30. The summed E-state index contributed by atoms with van der Waals surface area (Å²) < 4.78 is 16.9. The molecular weight excluding hydrogens is 304 g/mol. The van der Waals surface area contributed by atoms with Crippen LogP contribution in [-0.4, -0.2) is 76.5 Å². The van der Waals surface area contributed by atoms with Crippen LogP contribution in [-0.2, 0) is 11.2 Å². The summed E-state index contributed by atoms with van der Waals surface area (Å²) in [7, 11) is 3.86. The van der Waals surface area contributed by atoms with Gasteiger partial charge in [0.1, 0.15) is 6.61 Å². The van der Waals surface area contributed by atoms with Crippen LogP contribution in [0.3, 0.4) is 0 Å². The van der Waals surface area contributed by atoms with Gasteiger partial charge in [0.15, 0.2) is 11.5 Å². The van der Waals surface area contributed by atoms with Crippen LogP contribution >= 0.6 is 0 Å². The highest BCUT2D eigenvalue weighted by atomic mass is 16.5. The molecular formula is C19H32N2O3. The van der Waals surface area contributed by atoms with Gasteiger partial charge >= 0.3 is 0 Å². The quantitative estimate of drug-likeness (QED) is 0.613. The van der Waals surface area contributed by atoms with E-state index in [4.69, 9.17) is 14.2 Å². The molecule has 0 amide bonds. The normalized spacial score (nSPS) is 16.3. The molecule has 1 heterocycles. The number of hydrogen-bond donors (Lipinski definition) is 0. The van der Waals surface area contributed by atoms with Crippen molar-refractivity contribution in [2.24, 2.45) is 0 Å². The van der Waals surface area contributed by atoms with Gasteiger partial charge in [-0.3, -0.25) is 4.90 Å². The lowest BCUT2D eigenvalue weighted by atomic mass is 10.1. The third-order valence-corrected chi connectivity index (χ3v) is 4.40. The minimum atomic E-state index is 0.548. The first kappa shape index (κ1) is 19.0. The number of piperazine rings is 1. The van der Waals surface area contributed by atoms with Gasteiger partial charge in [0.05, 0.1) is 20.3 Å². The van der Waals surface area contributed by atoms with Crippen LogP contribution in [0, 0.1) is 0 Å². The van der Waals surface area contributed by atoms with Crippen molar-refractivity contribution in [1.82, 2.24) is 9.80 Å². The first-order valence-electron chi connectivity index (χ1n) is 9.01. The average molecular weight is 336 g/mol. The van der Waals surface area contributed by atoms with E-state index < -0.39 is 0 Å². The molecule has 0 bridgehead atoms. The Morgan fingerprint density at radius 2 is 1.79 bits per heavy atom. The number of ether oxygens (including phenoxy) is 3. The van der Waals surface area contributed by atoms with Crippen molar-refractivity contribution in [2.75, 3.05) is 66.7 Å². The van der Waals surface area contributed by atoms with Crippen molar-refractivity contribution in [3.63, 3.8) is 0 Å². The molecule has 0 aromatic heterocycles. The average Bonchev–Trinajstić information content (AvgIpc) is 2.60. The highest BCUT2D eigenvalue weighted by Crippen LogP contribution is 2.28. The van der Waals surface area contributed by atoms with Crippen LogP contribution in [0.1, 0.15) is 18.9 Å². The summed E-state index contributed by atoms with van der Waals surface area (Å²) >= 11 is 0. The van der Waals surface area contributed by atoms with Gasteiger partial charge in [-0.2, -0.15) is 0 Å². The van der Waals surface area contributed by atoms with E-state index in [1.54, 1.807) is 7.11 Å². The van der Waals surface area contributed by atoms with Gasteiger partial charge in [-0.15, -0.1) is 0 Å². The van der Waals surface area contributed by atoms with Crippen LogP contribution in [0.15, 0.2) is 18.2 Å². The van der Waals surface area contributed by atoms with Crippen molar-refractivity contribution in [1.29, 1.82) is 0 Å². The predicted molar refractivity (Wildman–Crippen MR) is 97.2 cm³/mol. The fourth-order valence-electron chi connectivity index (χ4n) is 2.85. The maximum absolute atomic E-state index is 5.80. The van der Waals surface area contributed by atoms with E-state index in [1.807, 2.05) is 6.07 Å². The highest BCUT2D eigenvalue weighted by molar-refractivity contribution is 5.43. The summed E-state index contributed by atoms with van der Waals surface area (Å²) in [5.74, 6) is 1.60. The van der Waals surface area contributed by atoms with Crippen LogP contribution in [0.4, 0.5) is 0 Å². The lowest BCUT2D eigenvalue weighted by molar-refractivity contribution is 0.0653. The number of nitrogens with zero attached hydrogens (tertiary/aromatic N) is 2. The zero-order valence-electron chi connectivity index (χ0n) is 15.4. The molecule has 0 spiro atoms. The second-order valence-corrected chi connectivity index (χ2v) is 6.34. The van der Waals surface area contributed by atoms with Crippen LogP contribution in [0.2, 0.25) is 0 Å². The number of aryl methyl sites for hydroxylation is 1. The van der Waals surface area contributed by atoms with E-state index >= 15 is 0 Å². The minimum Gasteiger partial charge on any atom is -0.493 e. The second kappa shape index (κ2) is 10.5. The molecule has 0 N–H and O–H groups in total. The molecule has 0 radical (unpaired) electrons. The smallest absolute Gasteiger partial charge is 0.161 e. The third-order valence-electron chi connectivity index (χ3n) is 4.40. The van der Waals surface area contributed by atoms with E-state index in [-0.39, 0.29) is 0 Å². The van der Waals surface area contributed by atoms with Crippen LogP contribution < -0.4 is 9.47 Å². The summed E-state index contributed by atoms with van der Waals surface area (Å²) in [5, 5.41) is 0. The van der Waals surface area contributed by atoms with Crippen molar-refractivity contribution < 1.29 is 14.2 Å². The van der Waals surface area contributed by atoms with E-state index in [9.17, 15) is 0 Å². The van der Waals surface area contributed by atoms with Crippen molar-refractivity contribution in [3.8, 4) is 11.5 Å². The van der Waals surface area contributed by atoms with E-state index in [0.717, 1.165) is 63.7 Å². The monoisotopic (exact) mass is 336 g/mol. The zero-order valence-corrected chi connectivity index (χ0v) is 15.4. The Kier molecular flexibility index (Phi) is 8.36. The third kappa shape index (κ3) is 6.30. The molecule has 136 valence electrons. The second-order valence-electron chi connectivity index (χ2n) is 6.34. The predicted octanol–water partition coefficient (Wildman–Crippen LogP) is 2.29. The SMILES string of the molecule is CCCc1ccc(OCCOCCN2CCN(C)CC2)c(OC)c1. The maximum atomic E-state index is 5.80. The topological polar surface area (TPSA) is 34.2 Å². The number of hydrogen-bond acceptors (Lipinski definition) is 5. The molecule has 1 aromatic rings. The number of benzene rings is 1. The van der Waals surface area contributed by atoms with Crippen LogP contribution in [0.5, 0.6) is 11.5 Å². The van der Waals surface area contributed by atoms with Crippen molar-refractivity contribution >= 4 is 0 Å². The van der Waals surface area contributed by atoms with Gasteiger partial charge < -0.3 is 19.1 Å². The summed E-state index contributed by atoms with van der Waals surface area (Å²) in [6.07, 6.45) is 2.19. The number of rotatable bonds is 10. The molecule has 0 unspecified atom stereocenters. The molecule has 0 saturated carbocycles. The van der Waals surface area contributed by atoms with Gasteiger partial charge in [-0.05, 0) is 31.2 Å². The molecule has 0 aliphatic carbocycles. The zero-order chi connectivity index (χ0) is 17.2. The fourth-order valence-corrected chi connectivity index (χ4v) is 2.85. The molecule has 1 saturated heterocycles. The summed E-state index contributed by atoms with van der Waals surface area (Å²) in [4.78, 5) is 4.82. The fraction of sp³-hybridized carbons (Fsp3) is 0.684. The molecule has 2 rings (SSSR count). The molecule has 5 heteroatoms. The summed E-state index contributed by atoms with van der Waals surface area (Å²) in [6.45, 7) is 9.67. The molecule has 0 atom stereocenters. The summed E-state index contributed by atoms with van der Waals surface area (Å²) in [5.41, 5.74) is 1.28. The first-order chi connectivity index (χ1) is 11.7. The molecule has 1 aromatic carbocycles. The first-order valence-corrected chi connectivity index (χ1v) is 9.01. The minimum absolute atomic E-state index is 0.548. The Morgan fingerprint density at radius 3 is 2.50 bits per heavy atom. The molecule has 1 aliphatic heterocycles. The van der Waals surface area contributed by atoms with Gasteiger partial charge in [0, 0.05) is 32.7 Å². The van der Waals surface area contributed by atoms with Gasteiger partial charge in [0.2, 0.25) is 0 Å². The van der Waals surface area contributed by atoms with Crippen molar-refractivity contribution in [2.45, 2.75) is 19.8 Å². The molecule has 1 aliphatic rings. The van der Waals surface area contributed by atoms with E-state index in [1.165, 1.54) is 5.56 Å². The largest absolute Gasteiger partial charge is 0.493 e. The molecule has 24 heavy (non-hydrogen) atoms. The van der Waals surface area contributed by atoms with Crippen LogP contribution in [0.25, 0.3) is 0 Å². The summed E-state index contributed by atoms with van der Waals surface area (Å²) in [6, 6.07) is 6.16. The van der Waals surface area contributed by atoms with E-state index in [0.29, 0.717) is 13.2 Å².